The molecule has 0 saturated heterocycles. The molecule has 20 heavy (non-hydrogen) atoms. The van der Waals surface area contributed by atoms with Crippen molar-refractivity contribution in [3.63, 3.8) is 0 Å². The summed E-state index contributed by atoms with van der Waals surface area (Å²) in [6.45, 7) is 0. The molecule has 0 radical (unpaired) electrons. The predicted octanol–water partition coefficient (Wildman–Crippen LogP) is 3.68. The van der Waals surface area contributed by atoms with Gasteiger partial charge in [-0.3, -0.25) is 0 Å². The Hall–Kier alpha value is -2.33. The molecule has 0 fully saturated rings. The number of halogens is 4. The van der Waals surface area contributed by atoms with Gasteiger partial charge >= 0.3 is 12.2 Å². The molecule has 7 heteroatoms. The molecule has 0 aliphatic carbocycles. The van der Waals surface area contributed by atoms with E-state index in [9.17, 15) is 17.6 Å². The highest BCUT2D eigenvalue weighted by Gasteiger charge is 2.58. The second-order valence-corrected chi connectivity index (χ2v) is 4.26. The summed E-state index contributed by atoms with van der Waals surface area (Å²) in [4.78, 5) is 2.59. The fourth-order valence-corrected chi connectivity index (χ4v) is 2.28. The number of nitrogens with one attached hydrogen (secondary N) is 1. The van der Waals surface area contributed by atoms with Gasteiger partial charge in [0.15, 0.2) is 0 Å². The van der Waals surface area contributed by atoms with Gasteiger partial charge in [-0.2, -0.15) is 22.8 Å². The minimum atomic E-state index is -4.11. The molecule has 0 spiro atoms. The van der Waals surface area contributed by atoms with Gasteiger partial charge < -0.3 is 4.98 Å². The molecule has 2 heterocycles. The smallest absolute Gasteiger partial charge is 0.366 e. The minimum Gasteiger partial charge on any atom is -0.366 e. The quantitative estimate of drug-likeness (QED) is 0.811. The fraction of sp³-hybridized carbons (Fsp3) is 0.154. The maximum atomic E-state index is 13.7. The number of nitriles is 1. The van der Waals surface area contributed by atoms with Crippen LogP contribution >= 0.6 is 0 Å². The molecule has 0 bridgehead atoms. The van der Waals surface area contributed by atoms with E-state index < -0.39 is 23.3 Å². The van der Waals surface area contributed by atoms with Gasteiger partial charge in [0.2, 0.25) is 0 Å². The average Bonchev–Trinajstić information content (AvgIpc) is 2.90. The largest absolute Gasteiger partial charge is 0.389 e. The van der Waals surface area contributed by atoms with Crippen molar-refractivity contribution in [2.45, 2.75) is 12.2 Å². The molecule has 0 amide bonds. The number of aromatic amines is 1. The second kappa shape index (κ2) is 3.84. The van der Waals surface area contributed by atoms with Crippen molar-refractivity contribution in [3.8, 4) is 17.2 Å². The molecular weight excluding hydrogens is 276 g/mol. The van der Waals surface area contributed by atoms with Gasteiger partial charge in [0.05, 0.1) is 16.7 Å². The second-order valence-electron chi connectivity index (χ2n) is 4.26. The number of hydrogen-bond acceptors (Lipinski definition) is 2. The van der Waals surface area contributed by atoms with Crippen LogP contribution in [-0.4, -0.2) is 4.98 Å². The molecule has 2 aromatic rings. The van der Waals surface area contributed by atoms with E-state index in [1.54, 1.807) is 0 Å². The van der Waals surface area contributed by atoms with Gasteiger partial charge in [-0.1, -0.05) is 12.1 Å². The van der Waals surface area contributed by atoms with Crippen molar-refractivity contribution in [1.29, 1.82) is 5.26 Å². The summed E-state index contributed by atoms with van der Waals surface area (Å²) in [5, 5.41) is 8.91. The lowest BCUT2D eigenvalue weighted by Gasteiger charge is -2.12. The number of rotatable bonds is 1. The van der Waals surface area contributed by atoms with E-state index in [0.29, 0.717) is 0 Å². The molecule has 0 unspecified atom stereocenters. The lowest BCUT2D eigenvalue weighted by atomic mass is 9.95. The number of H-pyrrole nitrogens is 1. The third-order valence-electron chi connectivity index (χ3n) is 3.08. The normalized spacial score (nSPS) is 18.6. The van der Waals surface area contributed by atoms with E-state index in [1.807, 2.05) is 6.07 Å². The van der Waals surface area contributed by atoms with Crippen molar-refractivity contribution in [2.75, 3.05) is 0 Å². The van der Waals surface area contributed by atoms with E-state index in [4.69, 9.17) is 5.26 Å². The van der Waals surface area contributed by atoms with Crippen molar-refractivity contribution in [3.05, 3.63) is 47.3 Å². The zero-order valence-electron chi connectivity index (χ0n) is 9.75. The summed E-state index contributed by atoms with van der Waals surface area (Å²) < 4.78 is 57.9. The Morgan fingerprint density at radius 2 is 1.80 bits per heavy atom. The van der Waals surface area contributed by atoms with Gasteiger partial charge in [-0.15, -0.1) is 0 Å². The van der Waals surface area contributed by atoms with E-state index in [2.05, 4.69) is 9.72 Å². The van der Waals surface area contributed by atoms with Gasteiger partial charge in [-0.25, -0.2) is 4.74 Å². The topological polar surface area (TPSA) is 48.8 Å². The minimum absolute atomic E-state index is 0.0874. The van der Waals surface area contributed by atoms with E-state index >= 15 is 0 Å². The molecule has 1 aliphatic rings. The predicted molar refractivity (Wildman–Crippen MR) is 59.8 cm³/mol. The lowest BCUT2D eigenvalue weighted by Crippen LogP contribution is -2.18. The van der Waals surface area contributed by atoms with Crippen molar-refractivity contribution >= 4 is 0 Å². The van der Waals surface area contributed by atoms with Gasteiger partial charge in [0.25, 0.3) is 0 Å². The number of nitrogens with zero attached hydrogens (tertiary/aromatic N) is 1. The van der Waals surface area contributed by atoms with Crippen molar-refractivity contribution < 1.29 is 22.3 Å². The zero-order chi connectivity index (χ0) is 14.5. The maximum absolute atomic E-state index is 13.7. The number of fused-ring (bicyclic) bond motifs is 1. The van der Waals surface area contributed by atoms with Crippen LogP contribution in [0.2, 0.25) is 0 Å². The fourth-order valence-electron chi connectivity index (χ4n) is 2.28. The first-order valence-corrected chi connectivity index (χ1v) is 5.54. The molecule has 3 rings (SSSR count). The van der Waals surface area contributed by atoms with Crippen LogP contribution in [-0.2, 0) is 17.0 Å². The van der Waals surface area contributed by atoms with Crippen molar-refractivity contribution in [2.24, 2.45) is 0 Å². The number of alkyl halides is 4. The highest BCUT2D eigenvalue weighted by atomic mass is 19.3. The monoisotopic (exact) mass is 282 g/mol. The van der Waals surface area contributed by atoms with E-state index in [1.165, 1.54) is 24.5 Å². The first-order chi connectivity index (χ1) is 9.37. The summed E-state index contributed by atoms with van der Waals surface area (Å²) in [5.74, 6) is 0. The first-order valence-electron chi connectivity index (χ1n) is 5.54. The Bertz CT molecular complexity index is 730. The number of aromatic nitrogens is 1. The Morgan fingerprint density at radius 3 is 2.50 bits per heavy atom. The molecule has 0 saturated carbocycles. The third kappa shape index (κ3) is 1.62. The van der Waals surface area contributed by atoms with E-state index in [0.717, 1.165) is 6.07 Å². The van der Waals surface area contributed by atoms with Crippen LogP contribution in [0.1, 0.15) is 16.7 Å². The summed E-state index contributed by atoms with van der Waals surface area (Å²) in [7, 11) is 0. The Labute approximate surface area is 110 Å². The Balaban J connectivity index is 2.32. The van der Waals surface area contributed by atoms with Crippen LogP contribution in [0.5, 0.6) is 0 Å². The van der Waals surface area contributed by atoms with Crippen LogP contribution in [0, 0.1) is 11.3 Å². The molecular formula is C13H6F4N2O. The molecule has 1 aromatic heterocycles. The highest BCUT2D eigenvalue weighted by molar-refractivity contribution is 5.75. The van der Waals surface area contributed by atoms with Crippen LogP contribution in [0.3, 0.4) is 0 Å². The highest BCUT2D eigenvalue weighted by Crippen LogP contribution is 2.54. The van der Waals surface area contributed by atoms with E-state index in [-0.39, 0.29) is 16.7 Å². The molecule has 1 N–H and O–H groups in total. The van der Waals surface area contributed by atoms with Crippen molar-refractivity contribution in [1.82, 2.24) is 4.98 Å². The van der Waals surface area contributed by atoms with Gasteiger partial charge in [0.1, 0.15) is 6.07 Å². The zero-order valence-corrected chi connectivity index (χ0v) is 9.75. The Morgan fingerprint density at radius 1 is 1.05 bits per heavy atom. The number of benzene rings is 1. The average molecular weight is 282 g/mol. The summed E-state index contributed by atoms with van der Waals surface area (Å²) in [6, 6.07) is 5.17. The first kappa shape index (κ1) is 12.7. The molecule has 3 nitrogen and oxygen atoms in total. The molecule has 1 aromatic carbocycles. The van der Waals surface area contributed by atoms with Gasteiger partial charge in [-0.05, 0) is 11.6 Å². The van der Waals surface area contributed by atoms with Crippen LogP contribution < -0.4 is 0 Å². The third-order valence-corrected chi connectivity index (χ3v) is 3.08. The maximum Gasteiger partial charge on any atom is 0.389 e. The SMILES string of the molecule is N#Cc1c[nH]cc1-c1cccc2c1C(F)(F)OC2(F)F. The number of ether oxygens (including phenoxy) is 1. The van der Waals surface area contributed by atoms with Crippen LogP contribution in [0.25, 0.3) is 11.1 Å². The molecule has 0 atom stereocenters. The summed E-state index contributed by atoms with van der Waals surface area (Å²) in [6.07, 6.45) is -5.56. The Kier molecular flexibility index (Phi) is 2.43. The molecule has 1 aliphatic heterocycles. The lowest BCUT2D eigenvalue weighted by molar-refractivity contribution is -0.369. The number of hydrogen-bond donors (Lipinski definition) is 1. The van der Waals surface area contributed by atoms with Crippen LogP contribution in [0.4, 0.5) is 17.6 Å². The standard InChI is InChI=1S/C13H6F4N2O/c14-12(15)10-3-1-2-8(11(10)13(16,17)20-12)9-6-19-5-7(9)4-18/h1-3,5-6,19H. The van der Waals surface area contributed by atoms with Crippen LogP contribution in [0.15, 0.2) is 30.6 Å². The van der Waals surface area contributed by atoms with Gasteiger partial charge in [0, 0.05) is 18.0 Å². The summed E-state index contributed by atoms with van der Waals surface area (Å²) in [5.41, 5.74) is -1.72. The molecule has 102 valence electrons. The summed E-state index contributed by atoms with van der Waals surface area (Å²) >= 11 is 0.